The molecule has 0 aliphatic carbocycles. The van der Waals surface area contributed by atoms with Crippen LogP contribution in [-0.4, -0.2) is 29.7 Å². The number of nitrogens with one attached hydrogen (secondary N) is 1. The van der Waals surface area contributed by atoms with E-state index in [9.17, 15) is 8.78 Å². The summed E-state index contributed by atoms with van der Waals surface area (Å²) in [5.41, 5.74) is 0.357. The lowest BCUT2D eigenvalue weighted by molar-refractivity contribution is 0.0555. The van der Waals surface area contributed by atoms with Crippen molar-refractivity contribution >= 4 is 16.9 Å². The van der Waals surface area contributed by atoms with Crippen molar-refractivity contribution in [3.05, 3.63) is 35.4 Å². The third-order valence-corrected chi connectivity index (χ3v) is 4.91. The van der Waals surface area contributed by atoms with E-state index in [0.717, 1.165) is 49.1 Å². The summed E-state index contributed by atoms with van der Waals surface area (Å²) >= 11 is 1.64. The lowest BCUT2D eigenvalue weighted by atomic mass is 9.93. The average molecular weight is 298 g/mol. The molecule has 3 nitrogen and oxygen atoms in total. The van der Waals surface area contributed by atoms with Crippen LogP contribution < -0.4 is 5.32 Å². The van der Waals surface area contributed by atoms with Crippen molar-refractivity contribution in [1.82, 2.24) is 5.32 Å². The SMILES string of the molecule is Fc1ccc(F)c(CN=C2NC3(CCOCC3)CS2)c1. The van der Waals surface area contributed by atoms with Gasteiger partial charge in [-0.05, 0) is 31.0 Å². The van der Waals surface area contributed by atoms with Crippen molar-refractivity contribution in [2.24, 2.45) is 4.99 Å². The fraction of sp³-hybridized carbons (Fsp3) is 0.500. The van der Waals surface area contributed by atoms with Gasteiger partial charge in [0.2, 0.25) is 0 Å². The number of hydrogen-bond acceptors (Lipinski definition) is 3. The van der Waals surface area contributed by atoms with E-state index in [-0.39, 0.29) is 17.6 Å². The summed E-state index contributed by atoms with van der Waals surface area (Å²) in [5.74, 6) is 0.106. The van der Waals surface area contributed by atoms with E-state index in [0.29, 0.717) is 0 Å². The van der Waals surface area contributed by atoms with Crippen LogP contribution in [-0.2, 0) is 11.3 Å². The van der Waals surface area contributed by atoms with Gasteiger partial charge in [0.1, 0.15) is 11.6 Å². The highest BCUT2D eigenvalue weighted by atomic mass is 32.2. The van der Waals surface area contributed by atoms with Crippen LogP contribution in [0.25, 0.3) is 0 Å². The van der Waals surface area contributed by atoms with Gasteiger partial charge in [0.15, 0.2) is 5.17 Å². The first-order valence-electron chi connectivity index (χ1n) is 6.64. The summed E-state index contributed by atoms with van der Waals surface area (Å²) in [7, 11) is 0. The Morgan fingerprint density at radius 3 is 2.90 bits per heavy atom. The molecule has 0 atom stereocenters. The second-order valence-corrected chi connectivity index (χ2v) is 6.13. The molecule has 1 N–H and O–H groups in total. The maximum atomic E-state index is 13.5. The third kappa shape index (κ3) is 2.96. The molecule has 2 aliphatic rings. The fourth-order valence-electron chi connectivity index (χ4n) is 2.44. The molecule has 0 radical (unpaired) electrons. The van der Waals surface area contributed by atoms with Crippen LogP contribution in [0.5, 0.6) is 0 Å². The van der Waals surface area contributed by atoms with Gasteiger partial charge < -0.3 is 10.1 Å². The molecule has 0 aromatic heterocycles. The number of hydrogen-bond donors (Lipinski definition) is 1. The summed E-state index contributed by atoms with van der Waals surface area (Å²) in [5, 5.41) is 4.24. The van der Waals surface area contributed by atoms with E-state index >= 15 is 0 Å². The van der Waals surface area contributed by atoms with E-state index < -0.39 is 11.6 Å². The van der Waals surface area contributed by atoms with Crippen molar-refractivity contribution in [3.63, 3.8) is 0 Å². The Bertz CT molecular complexity index is 530. The minimum Gasteiger partial charge on any atom is -0.381 e. The van der Waals surface area contributed by atoms with Crippen LogP contribution in [0.4, 0.5) is 8.78 Å². The van der Waals surface area contributed by atoms with E-state index in [4.69, 9.17) is 4.74 Å². The normalized spacial score (nSPS) is 23.2. The molecule has 3 rings (SSSR count). The third-order valence-electron chi connectivity index (χ3n) is 3.71. The van der Waals surface area contributed by atoms with Crippen molar-refractivity contribution in [2.45, 2.75) is 24.9 Å². The largest absolute Gasteiger partial charge is 0.381 e. The Hall–Kier alpha value is -1.14. The molecule has 0 unspecified atom stereocenters. The topological polar surface area (TPSA) is 33.6 Å². The molecule has 2 heterocycles. The molecule has 2 saturated heterocycles. The first kappa shape index (κ1) is 13.8. The molecule has 1 spiro atoms. The molecule has 0 saturated carbocycles. The Kier molecular flexibility index (Phi) is 3.94. The molecule has 1 aromatic rings. The second kappa shape index (κ2) is 5.69. The van der Waals surface area contributed by atoms with Crippen molar-refractivity contribution in [2.75, 3.05) is 19.0 Å². The molecule has 0 bridgehead atoms. The summed E-state index contributed by atoms with van der Waals surface area (Å²) in [6.07, 6.45) is 1.93. The Labute approximate surface area is 120 Å². The van der Waals surface area contributed by atoms with Gasteiger partial charge in [-0.2, -0.15) is 0 Å². The molecule has 2 fully saturated rings. The van der Waals surface area contributed by atoms with Crippen LogP contribution in [0.1, 0.15) is 18.4 Å². The molecule has 20 heavy (non-hydrogen) atoms. The predicted molar refractivity (Wildman–Crippen MR) is 75.9 cm³/mol. The van der Waals surface area contributed by atoms with Gasteiger partial charge >= 0.3 is 0 Å². The smallest absolute Gasteiger partial charge is 0.157 e. The number of aliphatic imine (C=N–C) groups is 1. The zero-order chi connectivity index (χ0) is 14.0. The molecule has 0 amide bonds. The van der Waals surface area contributed by atoms with Gasteiger partial charge in [-0.25, -0.2) is 8.78 Å². The first-order valence-corrected chi connectivity index (χ1v) is 7.63. The molecule has 108 valence electrons. The Morgan fingerprint density at radius 1 is 1.30 bits per heavy atom. The van der Waals surface area contributed by atoms with Gasteiger partial charge in [0.25, 0.3) is 0 Å². The zero-order valence-corrected chi connectivity index (χ0v) is 11.8. The van der Waals surface area contributed by atoms with Crippen LogP contribution in [0.3, 0.4) is 0 Å². The monoisotopic (exact) mass is 298 g/mol. The first-order chi connectivity index (χ1) is 9.67. The van der Waals surface area contributed by atoms with Crippen molar-refractivity contribution < 1.29 is 13.5 Å². The minimum absolute atomic E-state index is 0.0717. The van der Waals surface area contributed by atoms with Gasteiger partial charge in [0, 0.05) is 24.5 Å². The van der Waals surface area contributed by atoms with Gasteiger partial charge in [-0.3, -0.25) is 4.99 Å². The average Bonchev–Trinajstić information content (AvgIpc) is 2.84. The minimum atomic E-state index is -0.436. The maximum Gasteiger partial charge on any atom is 0.157 e. The van der Waals surface area contributed by atoms with Crippen LogP contribution in [0, 0.1) is 11.6 Å². The Morgan fingerprint density at radius 2 is 2.10 bits per heavy atom. The predicted octanol–water partition coefficient (Wildman–Crippen LogP) is 2.71. The highest BCUT2D eigenvalue weighted by Gasteiger charge is 2.38. The maximum absolute atomic E-state index is 13.5. The van der Waals surface area contributed by atoms with Crippen LogP contribution in [0.2, 0.25) is 0 Å². The summed E-state index contributed by atoms with van der Waals surface area (Å²) in [6, 6.07) is 3.45. The van der Waals surface area contributed by atoms with E-state index in [1.54, 1.807) is 11.8 Å². The standard InChI is InChI=1S/C14H16F2N2OS/c15-11-1-2-12(16)10(7-11)8-17-13-18-14(9-20-13)3-5-19-6-4-14/h1-2,7H,3-6,8-9H2,(H,17,18). The van der Waals surface area contributed by atoms with Crippen molar-refractivity contribution in [3.8, 4) is 0 Å². The van der Waals surface area contributed by atoms with E-state index in [2.05, 4.69) is 10.3 Å². The number of rotatable bonds is 2. The molecule has 6 heteroatoms. The fourth-order valence-corrected chi connectivity index (χ4v) is 3.66. The number of benzene rings is 1. The van der Waals surface area contributed by atoms with Crippen LogP contribution >= 0.6 is 11.8 Å². The van der Waals surface area contributed by atoms with Gasteiger partial charge in [0.05, 0.1) is 12.1 Å². The second-order valence-electron chi connectivity index (χ2n) is 5.16. The number of ether oxygens (including phenoxy) is 1. The highest BCUT2D eigenvalue weighted by molar-refractivity contribution is 8.14. The molecule has 1 aromatic carbocycles. The molecular formula is C14H16F2N2OS. The highest BCUT2D eigenvalue weighted by Crippen LogP contribution is 2.31. The molecular weight excluding hydrogens is 282 g/mol. The number of halogens is 2. The number of thioether (sulfide) groups is 1. The lowest BCUT2D eigenvalue weighted by Crippen LogP contribution is -2.48. The van der Waals surface area contributed by atoms with Crippen LogP contribution in [0.15, 0.2) is 23.2 Å². The summed E-state index contributed by atoms with van der Waals surface area (Å²) in [6.45, 7) is 1.68. The quantitative estimate of drug-likeness (QED) is 0.911. The molecule has 2 aliphatic heterocycles. The number of amidine groups is 1. The van der Waals surface area contributed by atoms with Gasteiger partial charge in [-0.15, -0.1) is 0 Å². The van der Waals surface area contributed by atoms with E-state index in [1.165, 1.54) is 6.07 Å². The van der Waals surface area contributed by atoms with Crippen molar-refractivity contribution in [1.29, 1.82) is 0 Å². The van der Waals surface area contributed by atoms with E-state index in [1.807, 2.05) is 0 Å². The summed E-state index contributed by atoms with van der Waals surface area (Å²) < 4.78 is 32.0. The summed E-state index contributed by atoms with van der Waals surface area (Å²) in [4.78, 5) is 4.37. The number of nitrogens with zero attached hydrogens (tertiary/aromatic N) is 1. The lowest BCUT2D eigenvalue weighted by Gasteiger charge is -2.32. The zero-order valence-electron chi connectivity index (χ0n) is 11.0. The Balaban J connectivity index is 1.67. The van der Waals surface area contributed by atoms with Gasteiger partial charge in [-0.1, -0.05) is 11.8 Å².